The van der Waals surface area contributed by atoms with E-state index in [2.05, 4.69) is 42.6 Å². The largest absolute Gasteiger partial charge is 0.317 e. The number of nitrogens with one attached hydrogen (secondary N) is 1. The van der Waals surface area contributed by atoms with Crippen LogP contribution in [-0.4, -0.2) is 13.1 Å². The van der Waals surface area contributed by atoms with Gasteiger partial charge in [0.15, 0.2) is 0 Å². The molecule has 1 rings (SSSR count). The summed E-state index contributed by atoms with van der Waals surface area (Å²) in [7, 11) is 0. The Hall–Kier alpha value is -0.820. The fourth-order valence-corrected chi connectivity index (χ4v) is 1.05. The monoisotopic (exact) mass is 179 g/mol. The fourth-order valence-electron chi connectivity index (χ4n) is 1.05. The molecule has 0 aliphatic heterocycles. The van der Waals surface area contributed by atoms with Crippen molar-refractivity contribution in [2.24, 2.45) is 0 Å². The highest BCUT2D eigenvalue weighted by Crippen LogP contribution is 1.97. The molecule has 0 saturated heterocycles. The van der Waals surface area contributed by atoms with Crippen LogP contribution in [0.3, 0.4) is 0 Å². The molecule has 1 nitrogen and oxygen atoms in total. The molecule has 0 bridgehead atoms. The van der Waals surface area contributed by atoms with Crippen molar-refractivity contribution in [1.29, 1.82) is 0 Å². The SMILES string of the molecule is CC.CCNCCc1ccccc1. The third-order valence-electron chi connectivity index (χ3n) is 1.68. The van der Waals surface area contributed by atoms with Gasteiger partial charge < -0.3 is 5.32 Å². The molecule has 0 aromatic heterocycles. The van der Waals surface area contributed by atoms with Gasteiger partial charge in [0.2, 0.25) is 0 Å². The van der Waals surface area contributed by atoms with Gasteiger partial charge in [-0.25, -0.2) is 0 Å². The summed E-state index contributed by atoms with van der Waals surface area (Å²) in [6.45, 7) is 8.28. The standard InChI is InChI=1S/C10H15N.C2H6/c1-2-11-9-8-10-6-4-3-5-7-10;1-2/h3-7,11H,2,8-9H2,1H3;1-2H3. The smallest absolute Gasteiger partial charge is 0.000847 e. The van der Waals surface area contributed by atoms with E-state index in [4.69, 9.17) is 0 Å². The van der Waals surface area contributed by atoms with Gasteiger partial charge in [0.25, 0.3) is 0 Å². The molecule has 0 amide bonds. The highest BCUT2D eigenvalue weighted by Gasteiger charge is 1.88. The first-order valence-corrected chi connectivity index (χ1v) is 5.18. The molecule has 0 atom stereocenters. The van der Waals surface area contributed by atoms with E-state index >= 15 is 0 Å². The molecule has 0 aliphatic rings. The second kappa shape index (κ2) is 9.27. The Balaban J connectivity index is 0.000000671. The first-order chi connectivity index (χ1) is 6.43. The lowest BCUT2D eigenvalue weighted by molar-refractivity contribution is 0.716. The molecule has 0 saturated carbocycles. The first-order valence-electron chi connectivity index (χ1n) is 5.18. The van der Waals surface area contributed by atoms with Crippen LogP contribution >= 0.6 is 0 Å². The van der Waals surface area contributed by atoms with Crippen LogP contribution in [0.2, 0.25) is 0 Å². The normalized spacial score (nSPS) is 8.85. The van der Waals surface area contributed by atoms with Crippen LogP contribution in [-0.2, 0) is 6.42 Å². The van der Waals surface area contributed by atoms with Crippen LogP contribution < -0.4 is 5.32 Å². The van der Waals surface area contributed by atoms with E-state index in [1.807, 2.05) is 13.8 Å². The van der Waals surface area contributed by atoms with Gasteiger partial charge in [0.05, 0.1) is 0 Å². The Morgan fingerprint density at radius 2 is 1.69 bits per heavy atom. The van der Waals surface area contributed by atoms with Crippen molar-refractivity contribution >= 4 is 0 Å². The molecule has 0 heterocycles. The van der Waals surface area contributed by atoms with Crippen molar-refractivity contribution in [3.8, 4) is 0 Å². The summed E-state index contributed by atoms with van der Waals surface area (Å²) >= 11 is 0. The second-order valence-electron chi connectivity index (χ2n) is 2.59. The van der Waals surface area contributed by atoms with Crippen molar-refractivity contribution in [3.05, 3.63) is 35.9 Å². The number of hydrogen-bond donors (Lipinski definition) is 1. The van der Waals surface area contributed by atoms with Gasteiger partial charge in [-0.05, 0) is 25.1 Å². The van der Waals surface area contributed by atoms with Gasteiger partial charge in [0.1, 0.15) is 0 Å². The van der Waals surface area contributed by atoms with E-state index in [1.54, 1.807) is 0 Å². The van der Waals surface area contributed by atoms with Gasteiger partial charge in [0, 0.05) is 0 Å². The highest BCUT2D eigenvalue weighted by atomic mass is 14.8. The van der Waals surface area contributed by atoms with E-state index in [0.717, 1.165) is 19.5 Å². The first kappa shape index (κ1) is 12.2. The summed E-state index contributed by atoms with van der Waals surface area (Å²) in [4.78, 5) is 0. The van der Waals surface area contributed by atoms with E-state index in [-0.39, 0.29) is 0 Å². The third kappa shape index (κ3) is 6.35. The molecule has 1 N–H and O–H groups in total. The maximum atomic E-state index is 3.30. The number of likely N-dealkylation sites (N-methyl/N-ethyl adjacent to an activating group) is 1. The fraction of sp³-hybridized carbons (Fsp3) is 0.500. The van der Waals surface area contributed by atoms with Crippen LogP contribution in [0, 0.1) is 0 Å². The molecule has 1 aromatic carbocycles. The van der Waals surface area contributed by atoms with Crippen molar-refractivity contribution in [2.75, 3.05) is 13.1 Å². The second-order valence-corrected chi connectivity index (χ2v) is 2.59. The Labute approximate surface area is 82.2 Å². The zero-order chi connectivity index (χ0) is 9.94. The zero-order valence-electron chi connectivity index (χ0n) is 9.01. The van der Waals surface area contributed by atoms with Crippen molar-refractivity contribution in [2.45, 2.75) is 27.2 Å². The Morgan fingerprint density at radius 1 is 1.08 bits per heavy atom. The van der Waals surface area contributed by atoms with Gasteiger partial charge in [-0.3, -0.25) is 0 Å². The van der Waals surface area contributed by atoms with Crippen molar-refractivity contribution < 1.29 is 0 Å². The molecule has 0 unspecified atom stereocenters. The van der Waals surface area contributed by atoms with Crippen LogP contribution in [0.5, 0.6) is 0 Å². The molecule has 13 heavy (non-hydrogen) atoms. The number of rotatable bonds is 4. The minimum absolute atomic E-state index is 1.06. The quantitative estimate of drug-likeness (QED) is 0.701. The van der Waals surface area contributed by atoms with E-state index < -0.39 is 0 Å². The van der Waals surface area contributed by atoms with Crippen LogP contribution in [0.15, 0.2) is 30.3 Å². The van der Waals surface area contributed by atoms with Crippen LogP contribution in [0.25, 0.3) is 0 Å². The highest BCUT2D eigenvalue weighted by molar-refractivity contribution is 5.14. The van der Waals surface area contributed by atoms with Gasteiger partial charge in [-0.15, -0.1) is 0 Å². The lowest BCUT2D eigenvalue weighted by Gasteiger charge is -2.00. The van der Waals surface area contributed by atoms with Crippen LogP contribution in [0.1, 0.15) is 26.3 Å². The predicted molar refractivity (Wildman–Crippen MR) is 60.0 cm³/mol. The minimum Gasteiger partial charge on any atom is -0.317 e. The summed E-state index contributed by atoms with van der Waals surface area (Å²) < 4.78 is 0. The molecule has 0 radical (unpaired) electrons. The average molecular weight is 179 g/mol. The van der Waals surface area contributed by atoms with Gasteiger partial charge >= 0.3 is 0 Å². The summed E-state index contributed by atoms with van der Waals surface area (Å²) in [5, 5.41) is 3.30. The summed E-state index contributed by atoms with van der Waals surface area (Å²) in [5.74, 6) is 0. The molecule has 1 aromatic rings. The molecular formula is C12H21N. The third-order valence-corrected chi connectivity index (χ3v) is 1.68. The maximum Gasteiger partial charge on any atom is -0.000847 e. The minimum atomic E-state index is 1.06. The lowest BCUT2D eigenvalue weighted by atomic mass is 10.1. The van der Waals surface area contributed by atoms with E-state index in [0.29, 0.717) is 0 Å². The zero-order valence-corrected chi connectivity index (χ0v) is 9.01. The predicted octanol–water partition coefficient (Wildman–Crippen LogP) is 2.86. The Morgan fingerprint density at radius 3 is 2.23 bits per heavy atom. The molecule has 0 fully saturated rings. The van der Waals surface area contributed by atoms with Crippen molar-refractivity contribution in [1.82, 2.24) is 5.32 Å². The van der Waals surface area contributed by atoms with E-state index in [9.17, 15) is 0 Å². The number of hydrogen-bond acceptors (Lipinski definition) is 1. The summed E-state index contributed by atoms with van der Waals surface area (Å²) in [5.41, 5.74) is 1.41. The lowest BCUT2D eigenvalue weighted by Crippen LogP contribution is -2.15. The summed E-state index contributed by atoms with van der Waals surface area (Å²) in [6, 6.07) is 10.5. The van der Waals surface area contributed by atoms with Gasteiger partial charge in [-0.2, -0.15) is 0 Å². The Bertz CT molecular complexity index is 182. The average Bonchev–Trinajstić information content (AvgIpc) is 2.23. The molecule has 0 spiro atoms. The van der Waals surface area contributed by atoms with Crippen molar-refractivity contribution in [3.63, 3.8) is 0 Å². The topological polar surface area (TPSA) is 12.0 Å². The molecule has 0 aliphatic carbocycles. The van der Waals surface area contributed by atoms with Gasteiger partial charge in [-0.1, -0.05) is 51.1 Å². The maximum absolute atomic E-state index is 3.30. The molecule has 74 valence electrons. The summed E-state index contributed by atoms with van der Waals surface area (Å²) in [6.07, 6.45) is 1.13. The van der Waals surface area contributed by atoms with Crippen LogP contribution in [0.4, 0.5) is 0 Å². The molecule has 1 heteroatoms. The Kier molecular flexibility index (Phi) is 8.68. The molecular weight excluding hydrogens is 158 g/mol. The number of benzene rings is 1. The van der Waals surface area contributed by atoms with E-state index in [1.165, 1.54) is 5.56 Å².